The second-order valence-corrected chi connectivity index (χ2v) is 7.99. The van der Waals surface area contributed by atoms with E-state index in [1.54, 1.807) is 11.0 Å². The Morgan fingerprint density at radius 2 is 2.00 bits per heavy atom. The van der Waals surface area contributed by atoms with Crippen LogP contribution in [0.25, 0.3) is 10.9 Å². The number of aromatic nitrogens is 2. The summed E-state index contributed by atoms with van der Waals surface area (Å²) in [6.45, 7) is 6.86. The first-order valence-corrected chi connectivity index (χ1v) is 8.84. The Labute approximate surface area is 148 Å². The van der Waals surface area contributed by atoms with Gasteiger partial charge in [0.25, 0.3) is 0 Å². The average molecular weight is 398 g/mol. The number of hydrogen-bond donors (Lipinski definition) is 0. The van der Waals surface area contributed by atoms with Crippen molar-refractivity contribution >= 4 is 32.9 Å². The van der Waals surface area contributed by atoms with Crippen LogP contribution in [0.15, 0.2) is 22.8 Å². The van der Waals surface area contributed by atoms with Crippen molar-refractivity contribution in [1.82, 2.24) is 14.7 Å². The van der Waals surface area contributed by atoms with Crippen molar-refractivity contribution in [2.24, 2.45) is 0 Å². The molecule has 0 atom stereocenters. The molecule has 0 radical (unpaired) electrons. The van der Waals surface area contributed by atoms with E-state index in [-0.39, 0.29) is 18.0 Å². The number of hydrogen-bond acceptors (Lipinski definition) is 3. The largest absolute Gasteiger partial charge is 0.444 e. The standard InChI is InChI=1S/C17H21BrFN3O2/c1-17(2,3)24-16(23)21-6-4-12(5-7-21)22-10-11-8-13(18)14(19)9-15(11)20-22/h8-10,12H,4-7H2,1-3H3. The van der Waals surface area contributed by atoms with Crippen molar-refractivity contribution in [1.29, 1.82) is 0 Å². The summed E-state index contributed by atoms with van der Waals surface area (Å²) in [6.07, 6.45) is 3.28. The Morgan fingerprint density at radius 3 is 2.62 bits per heavy atom. The fourth-order valence-corrected chi connectivity index (χ4v) is 3.23. The molecule has 1 fully saturated rings. The molecule has 7 heteroatoms. The first-order valence-electron chi connectivity index (χ1n) is 8.05. The second kappa shape index (κ2) is 6.35. The lowest BCUT2D eigenvalue weighted by atomic mass is 10.1. The lowest BCUT2D eigenvalue weighted by Gasteiger charge is -2.33. The van der Waals surface area contributed by atoms with Crippen LogP contribution >= 0.6 is 15.9 Å². The van der Waals surface area contributed by atoms with Crippen LogP contribution in [-0.2, 0) is 4.74 Å². The van der Waals surface area contributed by atoms with E-state index >= 15 is 0 Å². The van der Waals surface area contributed by atoms with E-state index in [9.17, 15) is 9.18 Å². The molecule has 2 aromatic rings. The maximum Gasteiger partial charge on any atom is 0.410 e. The summed E-state index contributed by atoms with van der Waals surface area (Å²) in [5, 5.41) is 5.39. The zero-order valence-electron chi connectivity index (χ0n) is 14.1. The van der Waals surface area contributed by atoms with E-state index in [4.69, 9.17) is 4.74 Å². The van der Waals surface area contributed by atoms with Gasteiger partial charge in [0.15, 0.2) is 0 Å². The molecule has 1 aromatic carbocycles. The minimum absolute atomic E-state index is 0.206. The number of carbonyl (C=O) groups is 1. The Kier molecular flexibility index (Phi) is 4.55. The molecule has 1 aliphatic rings. The van der Waals surface area contributed by atoms with Crippen LogP contribution in [0.4, 0.5) is 9.18 Å². The lowest BCUT2D eigenvalue weighted by Crippen LogP contribution is -2.42. The molecule has 3 rings (SSSR count). The van der Waals surface area contributed by atoms with E-state index in [1.807, 2.05) is 31.6 Å². The molecule has 0 N–H and O–H groups in total. The van der Waals surface area contributed by atoms with Gasteiger partial charge in [0.1, 0.15) is 11.4 Å². The molecular formula is C17H21BrFN3O2. The number of carbonyl (C=O) groups excluding carboxylic acids is 1. The molecule has 1 amide bonds. The average Bonchev–Trinajstić information content (AvgIpc) is 2.89. The van der Waals surface area contributed by atoms with Gasteiger partial charge in [0.05, 0.1) is 16.0 Å². The number of halogens is 2. The fraction of sp³-hybridized carbons (Fsp3) is 0.529. The van der Waals surface area contributed by atoms with Gasteiger partial charge in [-0.25, -0.2) is 9.18 Å². The highest BCUT2D eigenvalue weighted by Crippen LogP contribution is 2.27. The minimum Gasteiger partial charge on any atom is -0.444 e. The van der Waals surface area contributed by atoms with Gasteiger partial charge in [-0.3, -0.25) is 4.68 Å². The molecule has 2 heterocycles. The predicted molar refractivity (Wildman–Crippen MR) is 93.5 cm³/mol. The molecule has 130 valence electrons. The van der Waals surface area contributed by atoms with Gasteiger partial charge >= 0.3 is 6.09 Å². The van der Waals surface area contributed by atoms with Crippen LogP contribution in [0.2, 0.25) is 0 Å². The van der Waals surface area contributed by atoms with Crippen LogP contribution in [0.5, 0.6) is 0 Å². The predicted octanol–water partition coefficient (Wildman–Crippen LogP) is 4.51. The third-order valence-corrected chi connectivity index (χ3v) is 4.66. The van der Waals surface area contributed by atoms with Gasteiger partial charge in [-0.15, -0.1) is 0 Å². The van der Waals surface area contributed by atoms with Crippen LogP contribution in [-0.4, -0.2) is 39.5 Å². The fourth-order valence-electron chi connectivity index (χ4n) is 2.86. The van der Waals surface area contributed by atoms with Crippen LogP contribution in [0.1, 0.15) is 39.7 Å². The monoisotopic (exact) mass is 397 g/mol. The zero-order valence-corrected chi connectivity index (χ0v) is 15.6. The van der Waals surface area contributed by atoms with Gasteiger partial charge in [0.2, 0.25) is 0 Å². The summed E-state index contributed by atoms with van der Waals surface area (Å²) < 4.78 is 21.4. The minimum atomic E-state index is -0.481. The van der Waals surface area contributed by atoms with Crippen molar-refractivity contribution < 1.29 is 13.9 Å². The molecule has 0 spiro atoms. The number of fused-ring (bicyclic) bond motifs is 1. The lowest BCUT2D eigenvalue weighted by molar-refractivity contribution is 0.0185. The molecule has 0 bridgehead atoms. The number of amides is 1. The number of likely N-dealkylation sites (tertiary alicyclic amines) is 1. The molecule has 1 aliphatic heterocycles. The van der Waals surface area contributed by atoms with Gasteiger partial charge < -0.3 is 9.64 Å². The number of ether oxygens (including phenoxy) is 1. The van der Waals surface area contributed by atoms with Crippen LogP contribution < -0.4 is 0 Å². The van der Waals surface area contributed by atoms with E-state index in [2.05, 4.69) is 21.0 Å². The van der Waals surface area contributed by atoms with Gasteiger partial charge in [-0.05, 0) is 55.6 Å². The highest BCUT2D eigenvalue weighted by Gasteiger charge is 2.28. The van der Waals surface area contributed by atoms with E-state index in [1.165, 1.54) is 6.07 Å². The smallest absolute Gasteiger partial charge is 0.410 e. The Bertz CT molecular complexity index is 722. The van der Waals surface area contributed by atoms with E-state index in [0.717, 1.165) is 18.2 Å². The van der Waals surface area contributed by atoms with Gasteiger partial charge in [-0.2, -0.15) is 5.10 Å². The SMILES string of the molecule is CC(C)(C)OC(=O)N1CCC(n2cc3cc(Br)c(F)cc3n2)CC1. The summed E-state index contributed by atoms with van der Waals surface area (Å²) in [6, 6.07) is 3.38. The molecule has 1 saturated heterocycles. The van der Waals surface area contributed by atoms with Crippen molar-refractivity contribution in [3.8, 4) is 0 Å². The highest BCUT2D eigenvalue weighted by molar-refractivity contribution is 9.10. The molecule has 1 aromatic heterocycles. The van der Waals surface area contributed by atoms with Crippen molar-refractivity contribution in [3.05, 3.63) is 28.6 Å². The number of rotatable bonds is 1. The molecule has 5 nitrogen and oxygen atoms in total. The zero-order chi connectivity index (χ0) is 17.5. The molecule has 0 unspecified atom stereocenters. The summed E-state index contributed by atoms with van der Waals surface area (Å²) in [4.78, 5) is 13.8. The number of piperidine rings is 1. The van der Waals surface area contributed by atoms with Gasteiger partial charge in [0, 0.05) is 30.7 Å². The highest BCUT2D eigenvalue weighted by atomic mass is 79.9. The molecule has 0 saturated carbocycles. The summed E-state index contributed by atoms with van der Waals surface area (Å²) in [5.41, 5.74) is 0.163. The first-order chi connectivity index (χ1) is 11.2. The summed E-state index contributed by atoms with van der Waals surface area (Å²) in [5.74, 6) is -0.313. The van der Waals surface area contributed by atoms with E-state index < -0.39 is 5.60 Å². The third kappa shape index (κ3) is 3.71. The first kappa shape index (κ1) is 17.2. The van der Waals surface area contributed by atoms with Crippen molar-refractivity contribution in [3.63, 3.8) is 0 Å². The Hall–Kier alpha value is -1.63. The maximum atomic E-state index is 13.6. The second-order valence-electron chi connectivity index (χ2n) is 7.13. The van der Waals surface area contributed by atoms with Crippen LogP contribution in [0, 0.1) is 5.82 Å². The van der Waals surface area contributed by atoms with E-state index in [0.29, 0.717) is 23.1 Å². The number of nitrogens with zero attached hydrogens (tertiary/aromatic N) is 3. The normalized spacial score (nSPS) is 16.6. The Morgan fingerprint density at radius 1 is 1.33 bits per heavy atom. The summed E-state index contributed by atoms with van der Waals surface area (Å²) >= 11 is 3.20. The quantitative estimate of drug-likeness (QED) is 0.710. The Balaban J connectivity index is 1.67. The van der Waals surface area contributed by atoms with Gasteiger partial charge in [-0.1, -0.05) is 0 Å². The molecule has 24 heavy (non-hydrogen) atoms. The topological polar surface area (TPSA) is 47.4 Å². The molecular weight excluding hydrogens is 377 g/mol. The van der Waals surface area contributed by atoms with Crippen molar-refractivity contribution in [2.45, 2.75) is 45.3 Å². The van der Waals surface area contributed by atoms with Crippen LogP contribution in [0.3, 0.4) is 0 Å². The van der Waals surface area contributed by atoms with Crippen molar-refractivity contribution in [2.75, 3.05) is 13.1 Å². The summed E-state index contributed by atoms with van der Waals surface area (Å²) in [7, 11) is 0. The number of benzene rings is 1. The third-order valence-electron chi connectivity index (χ3n) is 4.05. The maximum absolute atomic E-state index is 13.6. The molecule has 0 aliphatic carbocycles.